The fraction of sp³-hybridized carbons (Fsp3) is 0.632. The van der Waals surface area contributed by atoms with Crippen LogP contribution in [0.2, 0.25) is 5.02 Å². The van der Waals surface area contributed by atoms with Gasteiger partial charge in [-0.1, -0.05) is 11.6 Å². The van der Waals surface area contributed by atoms with Crippen LogP contribution in [0, 0.1) is 0 Å². The number of piperidine rings is 1. The van der Waals surface area contributed by atoms with Crippen LogP contribution in [0.1, 0.15) is 33.1 Å². The maximum atomic E-state index is 12.9. The highest BCUT2D eigenvalue weighted by molar-refractivity contribution is 6.30. The molecule has 2 aliphatic rings. The lowest BCUT2D eigenvalue weighted by Crippen LogP contribution is -2.52. The molecule has 0 saturated carbocycles. The van der Waals surface area contributed by atoms with Crippen molar-refractivity contribution in [2.75, 3.05) is 26.3 Å². The van der Waals surface area contributed by atoms with Crippen LogP contribution in [-0.2, 0) is 14.3 Å². The van der Waals surface area contributed by atoms with Gasteiger partial charge in [0.2, 0.25) is 0 Å². The molecule has 0 N–H and O–H groups in total. The second-order valence-electron chi connectivity index (χ2n) is 7.18. The minimum Gasteiger partial charge on any atom is -0.478 e. The van der Waals surface area contributed by atoms with E-state index in [2.05, 4.69) is 0 Å². The van der Waals surface area contributed by atoms with Gasteiger partial charge >= 0.3 is 0 Å². The molecule has 0 aromatic heterocycles. The van der Waals surface area contributed by atoms with Gasteiger partial charge in [-0.15, -0.1) is 0 Å². The summed E-state index contributed by atoms with van der Waals surface area (Å²) in [5.74, 6) is 0.646. The summed E-state index contributed by atoms with van der Waals surface area (Å²) in [5, 5.41) is 0.645. The Morgan fingerprint density at radius 3 is 2.44 bits per heavy atom. The molecule has 1 aromatic rings. The fourth-order valence-corrected chi connectivity index (χ4v) is 3.44. The smallest absolute Gasteiger partial charge is 0.266 e. The zero-order valence-corrected chi connectivity index (χ0v) is 15.6. The van der Waals surface area contributed by atoms with E-state index in [4.69, 9.17) is 25.8 Å². The third kappa shape index (κ3) is 4.87. The fourth-order valence-electron chi connectivity index (χ4n) is 3.31. The van der Waals surface area contributed by atoms with E-state index in [-0.39, 0.29) is 18.1 Å². The largest absolute Gasteiger partial charge is 0.478 e. The van der Waals surface area contributed by atoms with Gasteiger partial charge in [-0.25, -0.2) is 0 Å². The summed E-state index contributed by atoms with van der Waals surface area (Å²) in [6, 6.07) is 7.07. The van der Waals surface area contributed by atoms with E-state index in [9.17, 15) is 4.79 Å². The van der Waals surface area contributed by atoms with Crippen molar-refractivity contribution in [3.8, 4) is 5.75 Å². The molecule has 0 bridgehead atoms. The minimum atomic E-state index is -0.916. The van der Waals surface area contributed by atoms with Gasteiger partial charge in [0, 0.05) is 24.7 Å². The number of rotatable bonds is 5. The number of halogens is 1. The molecule has 2 saturated heterocycles. The standard InChI is InChI=1S/C19H26ClNO4/c1-19(2,25-16-5-3-14(20)4-6-16)18(22)21-10-7-15(8-11-21)24-17-9-12-23-13-17/h3-6,15,17H,7-13H2,1-2H3. The van der Waals surface area contributed by atoms with Gasteiger partial charge < -0.3 is 19.1 Å². The van der Waals surface area contributed by atoms with Crippen LogP contribution >= 0.6 is 11.6 Å². The highest BCUT2D eigenvalue weighted by Gasteiger charge is 2.36. The molecule has 2 fully saturated rings. The summed E-state index contributed by atoms with van der Waals surface area (Å²) < 4.78 is 17.3. The Kier molecular flexibility index (Phi) is 5.87. The van der Waals surface area contributed by atoms with Gasteiger partial charge in [0.25, 0.3) is 5.91 Å². The van der Waals surface area contributed by atoms with Crippen LogP contribution in [0.4, 0.5) is 0 Å². The summed E-state index contributed by atoms with van der Waals surface area (Å²) in [6.45, 7) is 6.50. The molecule has 0 radical (unpaired) electrons. The van der Waals surface area contributed by atoms with Gasteiger partial charge in [-0.05, 0) is 57.4 Å². The second-order valence-corrected chi connectivity index (χ2v) is 7.62. The molecule has 6 heteroatoms. The Balaban J connectivity index is 1.51. The third-order valence-electron chi connectivity index (χ3n) is 4.70. The zero-order chi connectivity index (χ0) is 17.9. The normalized spacial score (nSPS) is 22.2. The van der Waals surface area contributed by atoms with Crippen LogP contribution < -0.4 is 4.74 Å². The Hall–Kier alpha value is -1.30. The number of hydrogen-bond donors (Lipinski definition) is 0. The molecule has 1 unspecified atom stereocenters. The number of nitrogens with zero attached hydrogens (tertiary/aromatic N) is 1. The molecule has 25 heavy (non-hydrogen) atoms. The topological polar surface area (TPSA) is 48.0 Å². The van der Waals surface area contributed by atoms with E-state index in [0.717, 1.165) is 25.9 Å². The van der Waals surface area contributed by atoms with Crippen LogP contribution in [0.3, 0.4) is 0 Å². The van der Waals surface area contributed by atoms with Crippen molar-refractivity contribution in [3.63, 3.8) is 0 Å². The van der Waals surface area contributed by atoms with Gasteiger partial charge in [0.15, 0.2) is 5.60 Å². The number of ether oxygens (including phenoxy) is 3. The average molecular weight is 368 g/mol. The summed E-state index contributed by atoms with van der Waals surface area (Å²) in [4.78, 5) is 14.7. The quantitative estimate of drug-likeness (QED) is 0.801. The maximum Gasteiger partial charge on any atom is 0.266 e. The third-order valence-corrected chi connectivity index (χ3v) is 4.96. The molecule has 0 spiro atoms. The van der Waals surface area contributed by atoms with Gasteiger partial charge in [-0.2, -0.15) is 0 Å². The number of benzene rings is 1. The second kappa shape index (κ2) is 7.94. The molecule has 2 heterocycles. The van der Waals surface area contributed by atoms with Crippen LogP contribution in [-0.4, -0.2) is 54.9 Å². The van der Waals surface area contributed by atoms with Crippen molar-refractivity contribution >= 4 is 17.5 Å². The Labute approximate surface area is 154 Å². The molecule has 1 aromatic carbocycles. The first kappa shape index (κ1) is 18.5. The van der Waals surface area contributed by atoms with Gasteiger partial charge in [-0.3, -0.25) is 4.79 Å². The Bertz CT molecular complexity index is 576. The molecule has 138 valence electrons. The van der Waals surface area contributed by atoms with Crippen molar-refractivity contribution in [1.29, 1.82) is 0 Å². The molecule has 1 atom stereocenters. The number of carbonyl (C=O) groups excluding carboxylic acids is 1. The summed E-state index contributed by atoms with van der Waals surface area (Å²) >= 11 is 5.89. The Morgan fingerprint density at radius 2 is 1.84 bits per heavy atom. The van der Waals surface area contributed by atoms with E-state index in [0.29, 0.717) is 30.5 Å². The van der Waals surface area contributed by atoms with E-state index >= 15 is 0 Å². The van der Waals surface area contributed by atoms with E-state index in [1.807, 2.05) is 18.7 Å². The van der Waals surface area contributed by atoms with E-state index in [1.54, 1.807) is 24.3 Å². The van der Waals surface area contributed by atoms with Crippen molar-refractivity contribution in [2.45, 2.75) is 50.9 Å². The van der Waals surface area contributed by atoms with Crippen molar-refractivity contribution < 1.29 is 19.0 Å². The lowest BCUT2D eigenvalue weighted by atomic mass is 10.0. The van der Waals surface area contributed by atoms with Crippen molar-refractivity contribution in [1.82, 2.24) is 4.90 Å². The van der Waals surface area contributed by atoms with Crippen LogP contribution in [0.15, 0.2) is 24.3 Å². The monoisotopic (exact) mass is 367 g/mol. The first-order chi connectivity index (χ1) is 11.9. The highest BCUT2D eigenvalue weighted by Crippen LogP contribution is 2.25. The maximum absolute atomic E-state index is 12.9. The predicted octanol–water partition coefficient (Wildman–Crippen LogP) is 3.29. The molecule has 5 nitrogen and oxygen atoms in total. The number of carbonyl (C=O) groups is 1. The summed E-state index contributed by atoms with van der Waals surface area (Å²) in [7, 11) is 0. The molecule has 3 rings (SSSR count). The van der Waals surface area contributed by atoms with Crippen molar-refractivity contribution in [3.05, 3.63) is 29.3 Å². The predicted molar refractivity (Wildman–Crippen MR) is 96.1 cm³/mol. The highest BCUT2D eigenvalue weighted by atomic mass is 35.5. The number of likely N-dealkylation sites (tertiary alicyclic amines) is 1. The molecule has 1 amide bonds. The van der Waals surface area contributed by atoms with E-state index < -0.39 is 5.60 Å². The molecular weight excluding hydrogens is 342 g/mol. The minimum absolute atomic E-state index is 0.00472. The van der Waals surface area contributed by atoms with Crippen molar-refractivity contribution in [2.24, 2.45) is 0 Å². The summed E-state index contributed by atoms with van der Waals surface area (Å²) in [6.07, 6.45) is 3.13. The van der Waals surface area contributed by atoms with Crippen LogP contribution in [0.25, 0.3) is 0 Å². The molecule has 0 aliphatic carbocycles. The number of hydrogen-bond acceptors (Lipinski definition) is 4. The lowest BCUT2D eigenvalue weighted by molar-refractivity contribution is -0.148. The van der Waals surface area contributed by atoms with Crippen LogP contribution in [0.5, 0.6) is 5.75 Å². The average Bonchev–Trinajstić information content (AvgIpc) is 3.10. The first-order valence-corrected chi connectivity index (χ1v) is 9.29. The van der Waals surface area contributed by atoms with Gasteiger partial charge in [0.1, 0.15) is 5.75 Å². The zero-order valence-electron chi connectivity index (χ0n) is 14.9. The Morgan fingerprint density at radius 1 is 1.16 bits per heavy atom. The number of amides is 1. The SMILES string of the molecule is CC(C)(Oc1ccc(Cl)cc1)C(=O)N1CCC(OC2CCOC2)CC1. The van der Waals surface area contributed by atoms with E-state index in [1.165, 1.54) is 0 Å². The molecule has 2 aliphatic heterocycles. The van der Waals surface area contributed by atoms with Gasteiger partial charge in [0.05, 0.1) is 18.8 Å². The lowest BCUT2D eigenvalue weighted by Gasteiger charge is -2.37. The first-order valence-electron chi connectivity index (χ1n) is 8.91. The molecular formula is C19H26ClNO4. The summed E-state index contributed by atoms with van der Waals surface area (Å²) in [5.41, 5.74) is -0.916.